The van der Waals surface area contributed by atoms with E-state index in [-0.39, 0.29) is 5.97 Å². The maximum Gasteiger partial charge on any atom is 0.306 e. The minimum absolute atomic E-state index is 0.101. The third-order valence-corrected chi connectivity index (χ3v) is 3.03. The highest BCUT2D eigenvalue weighted by atomic mass is 16.5. The lowest BCUT2D eigenvalue weighted by Gasteiger charge is -2.14. The summed E-state index contributed by atoms with van der Waals surface area (Å²) in [5.74, 6) is 0.945. The molecule has 0 radical (unpaired) electrons. The Morgan fingerprint density at radius 1 is 1.40 bits per heavy atom. The van der Waals surface area contributed by atoms with Crippen LogP contribution in [0.4, 0.5) is 0 Å². The van der Waals surface area contributed by atoms with Crippen LogP contribution in [0.2, 0.25) is 0 Å². The lowest BCUT2D eigenvalue weighted by atomic mass is 9.91. The van der Waals surface area contributed by atoms with Gasteiger partial charge in [0.1, 0.15) is 0 Å². The number of rotatable bonds is 4. The topological polar surface area (TPSA) is 26.3 Å². The van der Waals surface area contributed by atoms with Crippen LogP contribution in [-0.4, -0.2) is 13.1 Å². The Kier molecular flexibility index (Phi) is 3.05. The molecule has 0 heterocycles. The fourth-order valence-electron chi connectivity index (χ4n) is 2.02. The van der Waals surface area contributed by atoms with E-state index in [4.69, 9.17) is 4.74 Å². The number of carbonyl (C=O) groups excluding carboxylic acids is 1. The first kappa shape index (κ1) is 10.2. The van der Waals surface area contributed by atoms with Crippen LogP contribution < -0.4 is 0 Å². The van der Waals surface area contributed by atoms with E-state index in [2.05, 4.69) is 12.1 Å². The molecule has 1 atom stereocenters. The molecule has 0 N–H and O–H groups in total. The Balaban J connectivity index is 2.10. The van der Waals surface area contributed by atoms with Crippen LogP contribution in [0.5, 0.6) is 0 Å². The molecule has 0 spiro atoms. The average Bonchev–Trinajstić information content (AvgIpc) is 3.10. The van der Waals surface area contributed by atoms with Crippen molar-refractivity contribution in [1.29, 1.82) is 0 Å². The summed E-state index contributed by atoms with van der Waals surface area (Å²) in [6.45, 7) is 0. The van der Waals surface area contributed by atoms with Gasteiger partial charge in [-0.25, -0.2) is 0 Å². The van der Waals surface area contributed by atoms with Gasteiger partial charge in [0.15, 0.2) is 0 Å². The molecule has 0 amide bonds. The number of ether oxygens (including phenoxy) is 1. The van der Waals surface area contributed by atoms with Crippen molar-refractivity contribution in [3.63, 3.8) is 0 Å². The van der Waals surface area contributed by atoms with Crippen molar-refractivity contribution < 1.29 is 9.53 Å². The minimum Gasteiger partial charge on any atom is -0.469 e. The minimum atomic E-state index is -0.101. The molecule has 1 aromatic carbocycles. The van der Waals surface area contributed by atoms with Crippen LogP contribution in [0.1, 0.15) is 30.7 Å². The molecular formula is C13H16O2. The van der Waals surface area contributed by atoms with Crippen molar-refractivity contribution in [2.45, 2.75) is 25.2 Å². The van der Waals surface area contributed by atoms with Crippen molar-refractivity contribution in [3.05, 3.63) is 35.9 Å². The second-order valence-corrected chi connectivity index (χ2v) is 4.13. The van der Waals surface area contributed by atoms with E-state index >= 15 is 0 Å². The molecule has 0 aromatic heterocycles. The van der Waals surface area contributed by atoms with Crippen LogP contribution >= 0.6 is 0 Å². The number of methoxy groups -OCH3 is 1. The third kappa shape index (κ3) is 2.58. The molecule has 0 aliphatic heterocycles. The van der Waals surface area contributed by atoms with Gasteiger partial charge in [-0.1, -0.05) is 30.3 Å². The van der Waals surface area contributed by atoms with E-state index in [1.165, 1.54) is 25.5 Å². The van der Waals surface area contributed by atoms with Crippen LogP contribution in [0.15, 0.2) is 30.3 Å². The van der Waals surface area contributed by atoms with Gasteiger partial charge in [0, 0.05) is 0 Å². The smallest absolute Gasteiger partial charge is 0.306 e. The van der Waals surface area contributed by atoms with Gasteiger partial charge in [-0.15, -0.1) is 0 Å². The first-order valence-electron chi connectivity index (χ1n) is 5.43. The Morgan fingerprint density at radius 2 is 2.07 bits per heavy atom. The highest BCUT2D eigenvalue weighted by molar-refractivity contribution is 5.70. The highest BCUT2D eigenvalue weighted by Gasteiger charge is 2.33. The normalized spacial score (nSPS) is 17.1. The SMILES string of the molecule is COC(=O)CC(c1ccccc1)C1CC1. The number of carbonyl (C=O) groups is 1. The third-order valence-electron chi connectivity index (χ3n) is 3.03. The van der Waals surface area contributed by atoms with Crippen molar-refractivity contribution in [2.75, 3.05) is 7.11 Å². The summed E-state index contributed by atoms with van der Waals surface area (Å²) in [5.41, 5.74) is 1.27. The van der Waals surface area contributed by atoms with Crippen LogP contribution in [-0.2, 0) is 9.53 Å². The summed E-state index contributed by atoms with van der Waals surface area (Å²) in [5, 5.41) is 0. The molecule has 15 heavy (non-hydrogen) atoms. The molecule has 80 valence electrons. The van der Waals surface area contributed by atoms with Crippen molar-refractivity contribution >= 4 is 5.97 Å². The zero-order chi connectivity index (χ0) is 10.7. The van der Waals surface area contributed by atoms with E-state index < -0.39 is 0 Å². The van der Waals surface area contributed by atoms with Gasteiger partial charge in [0.05, 0.1) is 13.5 Å². The first-order valence-corrected chi connectivity index (χ1v) is 5.43. The lowest BCUT2D eigenvalue weighted by Crippen LogP contribution is -2.10. The maximum atomic E-state index is 11.3. The molecule has 0 bridgehead atoms. The second kappa shape index (κ2) is 4.47. The standard InChI is InChI=1S/C13H16O2/c1-15-13(14)9-12(11-7-8-11)10-5-3-2-4-6-10/h2-6,11-12H,7-9H2,1H3. The zero-order valence-corrected chi connectivity index (χ0v) is 8.98. The predicted octanol–water partition coefficient (Wildman–Crippen LogP) is 2.74. The highest BCUT2D eigenvalue weighted by Crippen LogP contribution is 2.44. The molecule has 2 nitrogen and oxygen atoms in total. The maximum absolute atomic E-state index is 11.3. The van der Waals surface area contributed by atoms with Gasteiger partial charge >= 0.3 is 5.97 Å². The van der Waals surface area contributed by atoms with E-state index in [9.17, 15) is 4.79 Å². The van der Waals surface area contributed by atoms with E-state index in [1.54, 1.807) is 0 Å². The van der Waals surface area contributed by atoms with E-state index in [0.717, 1.165) is 0 Å². The molecule has 1 saturated carbocycles. The molecule has 1 aliphatic rings. The first-order chi connectivity index (χ1) is 7.31. The van der Waals surface area contributed by atoms with Gasteiger partial charge in [0.2, 0.25) is 0 Å². The summed E-state index contributed by atoms with van der Waals surface area (Å²) in [7, 11) is 1.46. The zero-order valence-electron chi connectivity index (χ0n) is 8.98. The molecule has 2 heteroatoms. The number of esters is 1. The molecular weight excluding hydrogens is 188 g/mol. The van der Waals surface area contributed by atoms with E-state index in [1.807, 2.05) is 18.2 Å². The quantitative estimate of drug-likeness (QED) is 0.705. The van der Waals surface area contributed by atoms with Crippen molar-refractivity contribution in [2.24, 2.45) is 5.92 Å². The average molecular weight is 204 g/mol. The second-order valence-electron chi connectivity index (χ2n) is 4.13. The van der Waals surface area contributed by atoms with Crippen molar-refractivity contribution in [1.82, 2.24) is 0 Å². The van der Waals surface area contributed by atoms with Crippen LogP contribution in [0.25, 0.3) is 0 Å². The van der Waals surface area contributed by atoms with Gasteiger partial charge in [-0.3, -0.25) is 4.79 Å². The summed E-state index contributed by atoms with van der Waals surface area (Å²) in [6.07, 6.45) is 3.01. The Hall–Kier alpha value is -1.31. The molecule has 0 saturated heterocycles. The van der Waals surface area contributed by atoms with Gasteiger partial charge in [-0.05, 0) is 30.2 Å². The number of hydrogen-bond donors (Lipinski definition) is 0. The monoisotopic (exact) mass is 204 g/mol. The molecule has 2 rings (SSSR count). The Bertz CT molecular complexity index is 328. The Labute approximate surface area is 90.3 Å². The van der Waals surface area contributed by atoms with Crippen LogP contribution in [0, 0.1) is 5.92 Å². The van der Waals surface area contributed by atoms with Gasteiger partial charge in [-0.2, -0.15) is 0 Å². The summed E-state index contributed by atoms with van der Waals surface area (Å²) < 4.78 is 4.74. The summed E-state index contributed by atoms with van der Waals surface area (Å²) in [6, 6.07) is 10.3. The molecule has 1 fully saturated rings. The number of benzene rings is 1. The van der Waals surface area contributed by atoms with Gasteiger partial charge in [0.25, 0.3) is 0 Å². The predicted molar refractivity (Wildman–Crippen MR) is 58.5 cm³/mol. The Morgan fingerprint density at radius 3 is 2.60 bits per heavy atom. The fraction of sp³-hybridized carbons (Fsp3) is 0.462. The summed E-state index contributed by atoms with van der Waals surface area (Å²) >= 11 is 0. The molecule has 1 unspecified atom stereocenters. The largest absolute Gasteiger partial charge is 0.469 e. The lowest BCUT2D eigenvalue weighted by molar-refractivity contribution is -0.141. The summed E-state index contributed by atoms with van der Waals surface area (Å²) in [4.78, 5) is 11.3. The van der Waals surface area contributed by atoms with Crippen LogP contribution in [0.3, 0.4) is 0 Å². The fourth-order valence-corrected chi connectivity index (χ4v) is 2.02. The molecule has 1 aromatic rings. The van der Waals surface area contributed by atoms with Gasteiger partial charge < -0.3 is 4.74 Å². The van der Waals surface area contributed by atoms with E-state index in [0.29, 0.717) is 18.3 Å². The molecule has 1 aliphatic carbocycles. The number of hydrogen-bond acceptors (Lipinski definition) is 2. The van der Waals surface area contributed by atoms with Crippen molar-refractivity contribution in [3.8, 4) is 0 Å².